The lowest BCUT2D eigenvalue weighted by molar-refractivity contribution is 0.0706. The Morgan fingerprint density at radius 1 is 0.583 bits per heavy atom. The Morgan fingerprint density at radius 3 is 1.38 bits per heavy atom. The van der Waals surface area contributed by atoms with Crippen molar-refractivity contribution >= 4 is 8.80 Å². The molecular formula is C20H45O3Si. The smallest absolute Gasteiger partial charge is 0.374 e. The van der Waals surface area contributed by atoms with Crippen LogP contribution < -0.4 is 0 Å². The van der Waals surface area contributed by atoms with Crippen molar-refractivity contribution in [2.75, 3.05) is 19.8 Å². The maximum atomic E-state index is 5.79. The van der Waals surface area contributed by atoms with Crippen LogP contribution in [0.15, 0.2) is 0 Å². The van der Waals surface area contributed by atoms with Crippen molar-refractivity contribution in [1.29, 1.82) is 0 Å². The van der Waals surface area contributed by atoms with Crippen molar-refractivity contribution in [1.82, 2.24) is 0 Å². The monoisotopic (exact) mass is 361 g/mol. The van der Waals surface area contributed by atoms with Crippen LogP contribution in [0.2, 0.25) is 6.04 Å². The van der Waals surface area contributed by atoms with E-state index in [2.05, 4.69) is 20.8 Å². The first-order valence-corrected chi connectivity index (χ1v) is 12.3. The predicted molar refractivity (Wildman–Crippen MR) is 108 cm³/mol. The van der Waals surface area contributed by atoms with Crippen molar-refractivity contribution < 1.29 is 13.3 Å². The number of unbranched alkanes of at least 4 members (excludes halogenated alkanes) is 8. The van der Waals surface area contributed by atoms with Gasteiger partial charge in [0.25, 0.3) is 0 Å². The molecule has 4 heteroatoms. The molecule has 0 unspecified atom stereocenters. The van der Waals surface area contributed by atoms with Crippen LogP contribution in [-0.2, 0) is 13.3 Å². The minimum absolute atomic E-state index is 0.681. The molecule has 0 heterocycles. The molecule has 24 heavy (non-hydrogen) atoms. The lowest BCUT2D eigenvalue weighted by Gasteiger charge is -2.28. The Bertz CT molecular complexity index is 202. The third-order valence-electron chi connectivity index (χ3n) is 3.78. The van der Waals surface area contributed by atoms with E-state index in [0.29, 0.717) is 19.8 Å². The highest BCUT2D eigenvalue weighted by molar-refractivity contribution is 6.60. The van der Waals surface area contributed by atoms with E-state index in [9.17, 15) is 0 Å². The van der Waals surface area contributed by atoms with Gasteiger partial charge in [0, 0.05) is 25.9 Å². The standard InChI is InChI=1S/C12H28O3Si.C8H17/c1-5-9-10-11-12-16(13-6-2,14-7-3)15-8-4;1-3-5-7-8-6-4-2/h5-12H2,1-4H3;1,3-8H2,2H3. The highest BCUT2D eigenvalue weighted by Crippen LogP contribution is 2.20. The normalized spacial score (nSPS) is 11.2. The van der Waals surface area contributed by atoms with E-state index >= 15 is 0 Å². The molecule has 0 rings (SSSR count). The van der Waals surface area contributed by atoms with Crippen LogP contribution in [0.5, 0.6) is 0 Å². The van der Waals surface area contributed by atoms with Gasteiger partial charge >= 0.3 is 8.80 Å². The van der Waals surface area contributed by atoms with Gasteiger partial charge in [-0.25, -0.2) is 0 Å². The summed E-state index contributed by atoms with van der Waals surface area (Å²) in [5.74, 6) is 0. The molecule has 3 nitrogen and oxygen atoms in total. The molecule has 0 bridgehead atoms. The van der Waals surface area contributed by atoms with Gasteiger partial charge < -0.3 is 13.3 Å². The molecule has 0 spiro atoms. The highest BCUT2D eigenvalue weighted by atomic mass is 28.4. The van der Waals surface area contributed by atoms with Crippen molar-refractivity contribution in [3.05, 3.63) is 6.92 Å². The van der Waals surface area contributed by atoms with Crippen molar-refractivity contribution in [3.8, 4) is 0 Å². The summed E-state index contributed by atoms with van der Waals surface area (Å²) in [4.78, 5) is 0. The van der Waals surface area contributed by atoms with Gasteiger partial charge in [0.15, 0.2) is 0 Å². The number of hydrogen-bond donors (Lipinski definition) is 0. The average Bonchev–Trinajstić information content (AvgIpc) is 2.57. The topological polar surface area (TPSA) is 27.7 Å². The Morgan fingerprint density at radius 2 is 1.00 bits per heavy atom. The Labute approximate surface area is 154 Å². The van der Waals surface area contributed by atoms with E-state index in [-0.39, 0.29) is 0 Å². The summed E-state index contributed by atoms with van der Waals surface area (Å²) in [7, 11) is -2.35. The van der Waals surface area contributed by atoms with Gasteiger partial charge in [0.2, 0.25) is 0 Å². The molecule has 0 aromatic rings. The van der Waals surface area contributed by atoms with E-state index in [4.69, 9.17) is 13.3 Å². The van der Waals surface area contributed by atoms with Gasteiger partial charge in [0.1, 0.15) is 0 Å². The van der Waals surface area contributed by atoms with Crippen LogP contribution >= 0.6 is 0 Å². The van der Waals surface area contributed by atoms with Crippen LogP contribution in [0.4, 0.5) is 0 Å². The first-order chi connectivity index (χ1) is 11.7. The first-order valence-electron chi connectivity index (χ1n) is 10.4. The zero-order valence-electron chi connectivity index (χ0n) is 17.3. The van der Waals surface area contributed by atoms with Crippen LogP contribution in [-0.4, -0.2) is 28.6 Å². The van der Waals surface area contributed by atoms with Gasteiger partial charge in [0.05, 0.1) is 0 Å². The highest BCUT2D eigenvalue weighted by Gasteiger charge is 2.39. The van der Waals surface area contributed by atoms with E-state index in [0.717, 1.165) is 18.9 Å². The molecule has 0 atom stereocenters. The summed E-state index contributed by atoms with van der Waals surface area (Å²) >= 11 is 0. The third-order valence-corrected chi connectivity index (χ3v) is 6.93. The molecule has 147 valence electrons. The van der Waals surface area contributed by atoms with Crippen molar-refractivity contribution in [2.45, 2.75) is 105 Å². The molecule has 1 radical (unpaired) electrons. The fraction of sp³-hybridized carbons (Fsp3) is 0.950. The lowest BCUT2D eigenvalue weighted by Crippen LogP contribution is -2.45. The maximum Gasteiger partial charge on any atom is 0.500 e. The molecule has 0 aliphatic carbocycles. The fourth-order valence-electron chi connectivity index (χ4n) is 2.55. The largest absolute Gasteiger partial charge is 0.500 e. The van der Waals surface area contributed by atoms with Gasteiger partial charge in [-0.05, 0) is 27.2 Å². The van der Waals surface area contributed by atoms with E-state index < -0.39 is 8.80 Å². The molecule has 0 N–H and O–H groups in total. The third kappa shape index (κ3) is 16.9. The number of hydrogen-bond acceptors (Lipinski definition) is 3. The summed E-state index contributed by atoms with van der Waals surface area (Å²) in [6, 6.07) is 0.961. The molecule has 0 aromatic carbocycles. The van der Waals surface area contributed by atoms with Crippen LogP contribution in [0, 0.1) is 6.92 Å². The number of rotatable bonds is 16. The summed E-state index contributed by atoms with van der Waals surface area (Å²) in [6.07, 6.45) is 12.9. The average molecular weight is 362 g/mol. The molecule has 0 amide bonds. The van der Waals surface area contributed by atoms with E-state index in [1.165, 1.54) is 51.4 Å². The van der Waals surface area contributed by atoms with Crippen LogP contribution in [0.1, 0.15) is 98.8 Å². The van der Waals surface area contributed by atoms with Crippen molar-refractivity contribution in [3.63, 3.8) is 0 Å². The second-order valence-electron chi connectivity index (χ2n) is 6.06. The predicted octanol–water partition coefficient (Wildman–Crippen LogP) is 6.80. The quantitative estimate of drug-likeness (QED) is 0.223. The van der Waals surface area contributed by atoms with Gasteiger partial charge in [-0.1, -0.05) is 78.6 Å². The minimum Gasteiger partial charge on any atom is -0.374 e. The zero-order valence-corrected chi connectivity index (χ0v) is 18.3. The molecular weight excluding hydrogens is 316 g/mol. The fourth-order valence-corrected chi connectivity index (χ4v) is 5.24. The van der Waals surface area contributed by atoms with Gasteiger partial charge in [-0.15, -0.1) is 0 Å². The van der Waals surface area contributed by atoms with Crippen molar-refractivity contribution in [2.24, 2.45) is 0 Å². The molecule has 0 saturated heterocycles. The van der Waals surface area contributed by atoms with Crippen LogP contribution in [0.3, 0.4) is 0 Å². The summed E-state index contributed by atoms with van der Waals surface area (Å²) in [6.45, 7) is 16.3. The Kier molecular flexibility index (Phi) is 23.2. The van der Waals surface area contributed by atoms with Crippen LogP contribution in [0.25, 0.3) is 0 Å². The molecule has 0 aliphatic rings. The Balaban J connectivity index is 0. The SMILES string of the molecule is CCCCCC[Si](OCC)(OCC)OCC.[CH2]CCCCCCC. The Hall–Kier alpha value is 0.0969. The summed E-state index contributed by atoms with van der Waals surface area (Å²) < 4.78 is 17.4. The second-order valence-corrected chi connectivity index (χ2v) is 8.79. The van der Waals surface area contributed by atoms with Gasteiger partial charge in [-0.2, -0.15) is 0 Å². The maximum absolute atomic E-state index is 5.79. The lowest BCUT2D eigenvalue weighted by atomic mass is 10.1. The summed E-state index contributed by atoms with van der Waals surface area (Å²) in [5.41, 5.74) is 0. The molecule has 0 fully saturated rings. The minimum atomic E-state index is -2.35. The molecule has 0 aromatic heterocycles. The summed E-state index contributed by atoms with van der Waals surface area (Å²) in [5, 5.41) is 0. The first kappa shape index (κ1) is 26.3. The molecule has 0 aliphatic heterocycles. The molecule has 0 saturated carbocycles. The second kappa shape index (κ2) is 21.1. The van der Waals surface area contributed by atoms with E-state index in [1.54, 1.807) is 0 Å². The van der Waals surface area contributed by atoms with Gasteiger partial charge in [-0.3, -0.25) is 0 Å². The van der Waals surface area contributed by atoms with E-state index in [1.807, 2.05) is 20.8 Å². The zero-order chi connectivity index (χ0) is 18.5.